The largest absolute Gasteiger partial charge is 0.311 e. The SMILES string of the molecule is CCC(CC)CN1CC(CC(C)C)NCC1(CC)CC. The Morgan fingerprint density at radius 2 is 1.70 bits per heavy atom. The van der Waals surface area contributed by atoms with Crippen LogP contribution in [0.5, 0.6) is 0 Å². The first-order chi connectivity index (χ1) is 9.51. The number of hydrogen-bond donors (Lipinski definition) is 1. The van der Waals surface area contributed by atoms with Crippen molar-refractivity contribution in [2.45, 2.75) is 85.2 Å². The fourth-order valence-corrected chi connectivity index (χ4v) is 3.77. The van der Waals surface area contributed by atoms with Gasteiger partial charge in [-0.25, -0.2) is 0 Å². The van der Waals surface area contributed by atoms with Gasteiger partial charge in [0.25, 0.3) is 0 Å². The molecule has 2 heteroatoms. The molecule has 0 radical (unpaired) electrons. The molecule has 1 N–H and O–H groups in total. The number of piperazine rings is 1. The summed E-state index contributed by atoms with van der Waals surface area (Å²) < 4.78 is 0. The van der Waals surface area contributed by atoms with E-state index in [-0.39, 0.29) is 0 Å². The molecule has 1 fully saturated rings. The molecule has 1 unspecified atom stereocenters. The van der Waals surface area contributed by atoms with Crippen molar-refractivity contribution in [3.05, 3.63) is 0 Å². The maximum atomic E-state index is 3.84. The van der Waals surface area contributed by atoms with Crippen molar-refractivity contribution in [2.24, 2.45) is 11.8 Å². The highest BCUT2D eigenvalue weighted by Crippen LogP contribution is 2.30. The Morgan fingerprint density at radius 1 is 1.10 bits per heavy atom. The second-order valence-corrected chi connectivity index (χ2v) is 7.23. The van der Waals surface area contributed by atoms with Crippen molar-refractivity contribution in [1.29, 1.82) is 0 Å². The van der Waals surface area contributed by atoms with Crippen LogP contribution >= 0.6 is 0 Å². The highest BCUT2D eigenvalue weighted by molar-refractivity contribution is 4.98. The van der Waals surface area contributed by atoms with E-state index in [2.05, 4.69) is 51.8 Å². The van der Waals surface area contributed by atoms with Crippen molar-refractivity contribution < 1.29 is 0 Å². The zero-order valence-electron chi connectivity index (χ0n) is 14.8. The molecule has 0 aromatic heterocycles. The Balaban J connectivity index is 2.77. The van der Waals surface area contributed by atoms with Crippen molar-refractivity contribution in [1.82, 2.24) is 10.2 Å². The Hall–Kier alpha value is -0.0800. The van der Waals surface area contributed by atoms with Crippen LogP contribution in [-0.2, 0) is 0 Å². The summed E-state index contributed by atoms with van der Waals surface area (Å²) in [4.78, 5) is 2.84. The van der Waals surface area contributed by atoms with Crippen LogP contribution in [0, 0.1) is 11.8 Å². The fraction of sp³-hybridized carbons (Fsp3) is 1.00. The molecule has 120 valence electrons. The van der Waals surface area contributed by atoms with Gasteiger partial charge in [-0.1, -0.05) is 54.4 Å². The highest BCUT2D eigenvalue weighted by Gasteiger charge is 2.39. The zero-order chi connectivity index (χ0) is 15.2. The van der Waals surface area contributed by atoms with Gasteiger partial charge in [-0.3, -0.25) is 4.90 Å². The molecule has 0 saturated carbocycles. The minimum atomic E-state index is 0.399. The van der Waals surface area contributed by atoms with Crippen LogP contribution in [0.25, 0.3) is 0 Å². The Kier molecular flexibility index (Phi) is 7.53. The molecular weight excluding hydrogens is 244 g/mol. The van der Waals surface area contributed by atoms with Gasteiger partial charge >= 0.3 is 0 Å². The van der Waals surface area contributed by atoms with E-state index in [0.29, 0.717) is 11.6 Å². The lowest BCUT2D eigenvalue weighted by Crippen LogP contribution is -2.65. The summed E-state index contributed by atoms with van der Waals surface area (Å²) in [6.07, 6.45) is 6.48. The minimum Gasteiger partial charge on any atom is -0.311 e. The Bertz CT molecular complexity index is 254. The first-order valence-electron chi connectivity index (χ1n) is 8.99. The van der Waals surface area contributed by atoms with Crippen molar-refractivity contribution in [3.8, 4) is 0 Å². The Morgan fingerprint density at radius 3 is 2.15 bits per heavy atom. The quantitative estimate of drug-likeness (QED) is 0.714. The average Bonchev–Trinajstić information content (AvgIpc) is 2.45. The van der Waals surface area contributed by atoms with Gasteiger partial charge in [0, 0.05) is 31.2 Å². The highest BCUT2D eigenvalue weighted by atomic mass is 15.3. The summed E-state index contributed by atoms with van der Waals surface area (Å²) in [6.45, 7) is 17.8. The molecule has 1 aliphatic rings. The summed E-state index contributed by atoms with van der Waals surface area (Å²) in [6, 6.07) is 0.690. The van der Waals surface area contributed by atoms with Gasteiger partial charge in [-0.15, -0.1) is 0 Å². The molecule has 0 spiro atoms. The lowest BCUT2D eigenvalue weighted by atomic mass is 9.84. The molecule has 0 bridgehead atoms. The van der Waals surface area contributed by atoms with Crippen LogP contribution in [0.2, 0.25) is 0 Å². The third-order valence-electron chi connectivity index (χ3n) is 5.54. The van der Waals surface area contributed by atoms with Gasteiger partial charge in [0.05, 0.1) is 0 Å². The van der Waals surface area contributed by atoms with E-state index < -0.39 is 0 Å². The third kappa shape index (κ3) is 4.46. The number of nitrogens with zero attached hydrogens (tertiary/aromatic N) is 1. The number of nitrogens with one attached hydrogen (secondary N) is 1. The van der Waals surface area contributed by atoms with Gasteiger partial charge in [0.15, 0.2) is 0 Å². The maximum absolute atomic E-state index is 3.84. The predicted molar refractivity (Wildman–Crippen MR) is 90.2 cm³/mol. The molecule has 1 saturated heterocycles. The van der Waals surface area contributed by atoms with Crippen LogP contribution in [0.3, 0.4) is 0 Å². The second-order valence-electron chi connectivity index (χ2n) is 7.23. The number of rotatable bonds is 8. The van der Waals surface area contributed by atoms with Gasteiger partial charge in [-0.05, 0) is 31.1 Å². The Labute approximate surface area is 127 Å². The average molecular weight is 283 g/mol. The summed E-state index contributed by atoms with van der Waals surface area (Å²) in [5.74, 6) is 1.66. The molecular formula is C18H38N2. The second kappa shape index (κ2) is 8.38. The van der Waals surface area contributed by atoms with E-state index in [1.165, 1.54) is 51.7 Å². The van der Waals surface area contributed by atoms with Gasteiger partial charge < -0.3 is 5.32 Å². The molecule has 1 aliphatic heterocycles. The standard InChI is InChI=1S/C18H38N2/c1-7-16(8-2)12-20-13-17(11-15(5)6)19-14-18(20,9-3)10-4/h15-17,19H,7-14H2,1-6H3. The molecule has 1 atom stereocenters. The van der Waals surface area contributed by atoms with Crippen molar-refractivity contribution >= 4 is 0 Å². The van der Waals surface area contributed by atoms with E-state index in [0.717, 1.165) is 11.8 Å². The maximum Gasteiger partial charge on any atom is 0.0329 e. The minimum absolute atomic E-state index is 0.399. The molecule has 0 aliphatic carbocycles. The smallest absolute Gasteiger partial charge is 0.0329 e. The lowest BCUT2D eigenvalue weighted by molar-refractivity contribution is 0.0141. The van der Waals surface area contributed by atoms with E-state index >= 15 is 0 Å². The summed E-state index contributed by atoms with van der Waals surface area (Å²) in [7, 11) is 0. The number of hydrogen-bond acceptors (Lipinski definition) is 2. The van der Waals surface area contributed by atoms with E-state index in [4.69, 9.17) is 0 Å². The van der Waals surface area contributed by atoms with Crippen LogP contribution < -0.4 is 5.32 Å². The lowest BCUT2D eigenvalue weighted by Gasteiger charge is -2.51. The molecule has 0 aromatic carbocycles. The van der Waals surface area contributed by atoms with Gasteiger partial charge in [0.1, 0.15) is 0 Å². The predicted octanol–water partition coefficient (Wildman–Crippen LogP) is 4.30. The van der Waals surface area contributed by atoms with Gasteiger partial charge in [-0.2, -0.15) is 0 Å². The van der Waals surface area contributed by atoms with Crippen LogP contribution in [0.4, 0.5) is 0 Å². The molecule has 0 amide bonds. The molecule has 2 nitrogen and oxygen atoms in total. The van der Waals surface area contributed by atoms with Crippen molar-refractivity contribution in [2.75, 3.05) is 19.6 Å². The summed E-state index contributed by atoms with van der Waals surface area (Å²) in [5, 5.41) is 3.84. The molecule has 1 rings (SSSR count). The zero-order valence-corrected chi connectivity index (χ0v) is 14.8. The van der Waals surface area contributed by atoms with E-state index in [1.54, 1.807) is 0 Å². The monoisotopic (exact) mass is 282 g/mol. The molecule has 1 heterocycles. The van der Waals surface area contributed by atoms with Crippen LogP contribution in [0.15, 0.2) is 0 Å². The van der Waals surface area contributed by atoms with Crippen molar-refractivity contribution in [3.63, 3.8) is 0 Å². The van der Waals surface area contributed by atoms with Gasteiger partial charge in [0.2, 0.25) is 0 Å². The molecule has 0 aromatic rings. The molecule has 20 heavy (non-hydrogen) atoms. The first kappa shape index (κ1) is 18.0. The van der Waals surface area contributed by atoms with Crippen LogP contribution in [0.1, 0.15) is 73.6 Å². The normalized spacial score (nSPS) is 23.7. The summed E-state index contributed by atoms with van der Waals surface area (Å²) >= 11 is 0. The first-order valence-corrected chi connectivity index (χ1v) is 8.99. The fourth-order valence-electron chi connectivity index (χ4n) is 3.77. The topological polar surface area (TPSA) is 15.3 Å². The summed E-state index contributed by atoms with van der Waals surface area (Å²) in [5.41, 5.74) is 0.399. The van der Waals surface area contributed by atoms with E-state index in [1.807, 2.05) is 0 Å². The van der Waals surface area contributed by atoms with Crippen LogP contribution in [-0.4, -0.2) is 36.1 Å². The third-order valence-corrected chi connectivity index (χ3v) is 5.54. The van der Waals surface area contributed by atoms with E-state index in [9.17, 15) is 0 Å².